The van der Waals surface area contributed by atoms with Gasteiger partial charge in [0.1, 0.15) is 5.82 Å². The van der Waals surface area contributed by atoms with Gasteiger partial charge in [-0.05, 0) is 28.1 Å². The van der Waals surface area contributed by atoms with Crippen LogP contribution in [0.4, 0.5) is 4.39 Å². The molecule has 68 valence electrons. The van der Waals surface area contributed by atoms with E-state index in [-0.39, 0.29) is 5.82 Å². The van der Waals surface area contributed by atoms with Crippen LogP contribution in [0.5, 0.6) is 0 Å². The molecule has 13 heavy (non-hydrogen) atoms. The van der Waals surface area contributed by atoms with Crippen molar-refractivity contribution in [3.63, 3.8) is 0 Å². The highest BCUT2D eigenvalue weighted by Crippen LogP contribution is 2.17. The zero-order chi connectivity index (χ0) is 9.68. The van der Waals surface area contributed by atoms with Gasteiger partial charge in [0.15, 0.2) is 0 Å². The topological polar surface area (TPSA) is 26.0 Å². The zero-order valence-electron chi connectivity index (χ0n) is 6.98. The second kappa shape index (κ2) is 5.00. The summed E-state index contributed by atoms with van der Waals surface area (Å²) in [6.45, 7) is 0.499. The fourth-order valence-corrected chi connectivity index (χ4v) is 1.28. The Morgan fingerprint density at radius 1 is 1.46 bits per heavy atom. The lowest BCUT2D eigenvalue weighted by Crippen LogP contribution is -1.95. The van der Waals surface area contributed by atoms with Crippen molar-refractivity contribution in [2.75, 3.05) is 6.54 Å². The highest BCUT2D eigenvalue weighted by Gasteiger charge is 2.01. The van der Waals surface area contributed by atoms with Crippen LogP contribution in [0.2, 0.25) is 0 Å². The lowest BCUT2D eigenvalue weighted by atomic mass is 10.2. The van der Waals surface area contributed by atoms with Crippen molar-refractivity contribution < 1.29 is 4.39 Å². The molecule has 0 heterocycles. The minimum atomic E-state index is -0.307. The predicted molar refractivity (Wildman–Crippen MR) is 54.6 cm³/mol. The van der Waals surface area contributed by atoms with Crippen LogP contribution in [0.1, 0.15) is 12.0 Å². The van der Waals surface area contributed by atoms with E-state index < -0.39 is 0 Å². The van der Waals surface area contributed by atoms with Gasteiger partial charge >= 0.3 is 0 Å². The van der Waals surface area contributed by atoms with Gasteiger partial charge in [0, 0.05) is 17.4 Å². The van der Waals surface area contributed by atoms with Gasteiger partial charge in [-0.25, -0.2) is 4.39 Å². The zero-order valence-corrected chi connectivity index (χ0v) is 8.57. The summed E-state index contributed by atoms with van der Waals surface area (Å²) < 4.78 is 13.8. The van der Waals surface area contributed by atoms with E-state index in [1.165, 1.54) is 6.07 Å². The van der Waals surface area contributed by atoms with Crippen LogP contribution in [-0.4, -0.2) is 6.54 Å². The maximum atomic E-state index is 13.1. The summed E-state index contributed by atoms with van der Waals surface area (Å²) in [4.78, 5) is 0. The van der Waals surface area contributed by atoms with Crippen molar-refractivity contribution in [1.29, 1.82) is 0 Å². The Morgan fingerprint density at radius 3 is 2.85 bits per heavy atom. The van der Waals surface area contributed by atoms with Gasteiger partial charge in [-0.1, -0.05) is 17.9 Å². The van der Waals surface area contributed by atoms with E-state index >= 15 is 0 Å². The molecule has 0 aromatic heterocycles. The molecule has 1 aromatic carbocycles. The largest absolute Gasteiger partial charge is 0.330 e. The van der Waals surface area contributed by atoms with E-state index in [4.69, 9.17) is 5.73 Å². The maximum absolute atomic E-state index is 13.1. The number of rotatable bonds is 1. The molecular weight excluding hydrogens is 233 g/mol. The third kappa shape index (κ3) is 2.83. The Kier molecular flexibility index (Phi) is 3.94. The van der Waals surface area contributed by atoms with Crippen LogP contribution < -0.4 is 5.73 Å². The van der Waals surface area contributed by atoms with Gasteiger partial charge in [-0.2, -0.15) is 0 Å². The standard InChI is InChI=1S/C10H9BrFN/c11-9-5-3-6-10(12)8(9)4-1-2-7-13/h3,5-6H,2,7,13H2. The fraction of sp³-hybridized carbons (Fsp3) is 0.200. The molecule has 0 saturated carbocycles. The van der Waals surface area contributed by atoms with Crippen molar-refractivity contribution in [3.8, 4) is 11.8 Å². The molecule has 1 rings (SSSR count). The second-order valence-corrected chi connectivity index (χ2v) is 3.29. The molecule has 0 saturated heterocycles. The third-order valence-electron chi connectivity index (χ3n) is 1.45. The second-order valence-electron chi connectivity index (χ2n) is 2.44. The molecule has 0 fully saturated rings. The van der Waals surface area contributed by atoms with E-state index in [1.807, 2.05) is 0 Å². The first kappa shape index (κ1) is 10.2. The van der Waals surface area contributed by atoms with E-state index in [1.54, 1.807) is 12.1 Å². The van der Waals surface area contributed by atoms with E-state index in [0.29, 0.717) is 23.0 Å². The smallest absolute Gasteiger partial charge is 0.139 e. The van der Waals surface area contributed by atoms with Gasteiger partial charge < -0.3 is 5.73 Å². The molecule has 2 N–H and O–H groups in total. The molecule has 0 bridgehead atoms. The summed E-state index contributed by atoms with van der Waals surface area (Å²) in [5.74, 6) is 5.21. The quantitative estimate of drug-likeness (QED) is 0.751. The molecular formula is C10H9BrFN. The van der Waals surface area contributed by atoms with E-state index in [0.717, 1.165) is 0 Å². The Balaban J connectivity index is 2.95. The highest BCUT2D eigenvalue weighted by molar-refractivity contribution is 9.10. The molecule has 0 aliphatic rings. The number of nitrogens with two attached hydrogens (primary N) is 1. The minimum Gasteiger partial charge on any atom is -0.330 e. The van der Waals surface area contributed by atoms with Gasteiger partial charge in [0.2, 0.25) is 0 Å². The molecule has 0 aliphatic carbocycles. The summed E-state index contributed by atoms with van der Waals surface area (Å²) in [5, 5.41) is 0. The summed E-state index contributed by atoms with van der Waals surface area (Å²) in [6.07, 6.45) is 0.584. The first-order chi connectivity index (χ1) is 6.25. The van der Waals surface area contributed by atoms with Crippen molar-refractivity contribution in [1.82, 2.24) is 0 Å². The van der Waals surface area contributed by atoms with Crippen LogP contribution >= 0.6 is 15.9 Å². The lowest BCUT2D eigenvalue weighted by Gasteiger charge is -1.96. The van der Waals surface area contributed by atoms with Gasteiger partial charge in [-0.15, -0.1) is 0 Å². The summed E-state index contributed by atoms with van der Waals surface area (Å²) in [5.41, 5.74) is 5.66. The monoisotopic (exact) mass is 241 g/mol. The predicted octanol–water partition coefficient (Wildman–Crippen LogP) is 2.29. The first-order valence-corrected chi connectivity index (χ1v) is 4.68. The molecule has 0 radical (unpaired) electrons. The van der Waals surface area contributed by atoms with Crippen molar-refractivity contribution in [3.05, 3.63) is 34.1 Å². The van der Waals surface area contributed by atoms with Crippen LogP contribution in [0.3, 0.4) is 0 Å². The molecule has 0 amide bonds. The van der Waals surface area contributed by atoms with E-state index in [2.05, 4.69) is 27.8 Å². The van der Waals surface area contributed by atoms with Gasteiger partial charge in [0.05, 0.1) is 5.56 Å². The molecule has 1 nitrogen and oxygen atoms in total. The van der Waals surface area contributed by atoms with Gasteiger partial charge in [-0.3, -0.25) is 0 Å². The normalized spacial score (nSPS) is 9.15. The van der Waals surface area contributed by atoms with Crippen molar-refractivity contribution >= 4 is 15.9 Å². The number of hydrogen-bond donors (Lipinski definition) is 1. The van der Waals surface area contributed by atoms with Crippen LogP contribution in [0.25, 0.3) is 0 Å². The first-order valence-electron chi connectivity index (χ1n) is 3.88. The molecule has 3 heteroatoms. The molecule has 0 atom stereocenters. The average Bonchev–Trinajstić information content (AvgIpc) is 2.10. The Morgan fingerprint density at radius 2 is 2.23 bits per heavy atom. The summed E-state index contributed by atoms with van der Waals surface area (Å²) in [6, 6.07) is 4.78. The van der Waals surface area contributed by atoms with E-state index in [9.17, 15) is 4.39 Å². The Bertz CT molecular complexity index is 331. The van der Waals surface area contributed by atoms with Gasteiger partial charge in [0.25, 0.3) is 0 Å². The SMILES string of the molecule is NCCC#Cc1c(F)cccc1Br. The summed E-state index contributed by atoms with van der Waals surface area (Å²) >= 11 is 3.23. The maximum Gasteiger partial charge on any atom is 0.139 e. The van der Waals surface area contributed by atoms with Crippen LogP contribution in [0.15, 0.2) is 22.7 Å². The molecule has 0 spiro atoms. The number of halogens is 2. The molecule has 0 unspecified atom stereocenters. The third-order valence-corrected chi connectivity index (χ3v) is 2.11. The minimum absolute atomic E-state index is 0.307. The van der Waals surface area contributed by atoms with Crippen LogP contribution in [-0.2, 0) is 0 Å². The molecule has 0 aliphatic heterocycles. The average molecular weight is 242 g/mol. The number of hydrogen-bond acceptors (Lipinski definition) is 1. The Labute approximate surface area is 85.3 Å². The highest BCUT2D eigenvalue weighted by atomic mass is 79.9. The molecule has 1 aromatic rings. The van der Waals surface area contributed by atoms with Crippen LogP contribution in [0, 0.1) is 17.7 Å². The van der Waals surface area contributed by atoms with Crippen molar-refractivity contribution in [2.45, 2.75) is 6.42 Å². The fourth-order valence-electron chi connectivity index (χ4n) is 0.840. The van der Waals surface area contributed by atoms with Crippen molar-refractivity contribution in [2.24, 2.45) is 5.73 Å². The lowest BCUT2D eigenvalue weighted by molar-refractivity contribution is 0.623. The number of benzene rings is 1. The summed E-state index contributed by atoms with van der Waals surface area (Å²) in [7, 11) is 0. The Hall–Kier alpha value is -0.850.